The van der Waals surface area contributed by atoms with E-state index in [0.29, 0.717) is 16.9 Å². The number of carbonyl (C=O) groups is 1. The molecule has 0 bridgehead atoms. The van der Waals surface area contributed by atoms with E-state index >= 15 is 0 Å². The van der Waals surface area contributed by atoms with Crippen molar-refractivity contribution in [3.63, 3.8) is 0 Å². The predicted molar refractivity (Wildman–Crippen MR) is 89.9 cm³/mol. The maximum atomic E-state index is 11.7. The molecule has 1 amide bonds. The minimum Gasteiger partial charge on any atom is -0.370 e. The molecule has 0 radical (unpaired) electrons. The van der Waals surface area contributed by atoms with Crippen molar-refractivity contribution in [2.24, 2.45) is 11.6 Å². The van der Waals surface area contributed by atoms with Crippen molar-refractivity contribution in [1.82, 2.24) is 24.7 Å². The molecule has 0 unspecified atom stereocenters. The number of primary amides is 1. The summed E-state index contributed by atoms with van der Waals surface area (Å²) in [6.07, 6.45) is 1.18. The van der Waals surface area contributed by atoms with Crippen molar-refractivity contribution in [2.75, 3.05) is 0 Å². The molecule has 7 heteroatoms. The van der Waals surface area contributed by atoms with Gasteiger partial charge in [0.15, 0.2) is 0 Å². The molecule has 7 nitrogen and oxygen atoms in total. The lowest BCUT2D eigenvalue weighted by atomic mass is 9.95. The number of fused-ring (bicyclic) bond motifs is 1. The largest absolute Gasteiger partial charge is 0.370 e. The molecule has 4 rings (SSSR count). The molecule has 3 aromatic rings. The molecular formula is C17H20N6O. The molecule has 0 aliphatic heterocycles. The van der Waals surface area contributed by atoms with Gasteiger partial charge in [0.2, 0.25) is 5.91 Å². The van der Waals surface area contributed by atoms with Gasteiger partial charge in [-0.2, -0.15) is 5.10 Å². The summed E-state index contributed by atoms with van der Waals surface area (Å²) in [6.45, 7) is 0. The van der Waals surface area contributed by atoms with Crippen molar-refractivity contribution in [3.8, 4) is 11.3 Å². The van der Waals surface area contributed by atoms with Gasteiger partial charge in [-0.25, -0.2) is 9.97 Å². The van der Waals surface area contributed by atoms with Crippen molar-refractivity contribution >= 4 is 16.9 Å². The first-order valence-corrected chi connectivity index (χ1v) is 7.68. The predicted octanol–water partition coefficient (Wildman–Crippen LogP) is 2.43. The third-order valence-electron chi connectivity index (χ3n) is 4.03. The van der Waals surface area contributed by atoms with Gasteiger partial charge in [-0.15, -0.1) is 0 Å². The molecule has 1 fully saturated rings. The van der Waals surface area contributed by atoms with E-state index in [4.69, 9.17) is 12.6 Å². The maximum absolute atomic E-state index is 11.7. The monoisotopic (exact) mass is 329 g/mol. The molecule has 1 atom stereocenters. The summed E-state index contributed by atoms with van der Waals surface area (Å²) in [5.41, 5.74) is 7.17. The Labute approximate surface area is 146 Å². The summed E-state index contributed by atoms with van der Waals surface area (Å²) >= 11 is 0. The maximum Gasteiger partial charge on any atom is 0.219 e. The zero-order valence-electron chi connectivity index (χ0n) is 17.9. The second-order valence-electron chi connectivity index (χ2n) is 5.62. The normalized spacial score (nSPS) is 25.2. The Morgan fingerprint density at radius 1 is 1.50 bits per heavy atom. The topological polar surface area (TPSA) is 102 Å². The van der Waals surface area contributed by atoms with Crippen LogP contribution in [0.1, 0.15) is 44.9 Å². The quantitative estimate of drug-likeness (QED) is 0.750. The number of aromatic nitrogens is 5. The van der Waals surface area contributed by atoms with Crippen LogP contribution in [0.15, 0.2) is 31.0 Å². The average Bonchev–Trinajstić information content (AvgIpc) is 3.35. The van der Waals surface area contributed by atoms with Crippen molar-refractivity contribution in [2.45, 2.75) is 38.1 Å². The number of H-pyrrole nitrogens is 1. The minimum atomic E-state index is -2.24. The van der Waals surface area contributed by atoms with E-state index in [-0.39, 0.29) is 12.8 Å². The lowest BCUT2D eigenvalue weighted by Gasteiger charge is -2.22. The summed E-state index contributed by atoms with van der Waals surface area (Å²) in [7, 11) is 0. The zero-order valence-corrected chi connectivity index (χ0v) is 12.9. The highest BCUT2D eigenvalue weighted by Gasteiger charge is 2.28. The van der Waals surface area contributed by atoms with Crippen LogP contribution in [0.25, 0.3) is 22.3 Å². The van der Waals surface area contributed by atoms with Crippen LogP contribution < -0.4 is 5.73 Å². The SMILES string of the molecule is [2H]C1([2H])CCC([2H])([2H])C1([2H])[C@@H](CC(N)=O)n1cc(-c2ncnc3[nH]ccc23)cn1. The molecule has 124 valence electrons. The van der Waals surface area contributed by atoms with Crippen LogP contribution in [0.3, 0.4) is 0 Å². The molecular weight excluding hydrogens is 304 g/mol. The number of carbonyl (C=O) groups excluding carboxylic acids is 1. The highest BCUT2D eigenvalue weighted by molar-refractivity contribution is 5.90. The van der Waals surface area contributed by atoms with Gasteiger partial charge in [0.1, 0.15) is 12.0 Å². The Morgan fingerprint density at radius 3 is 3.12 bits per heavy atom. The number of nitrogens with two attached hydrogens (primary N) is 1. The molecule has 0 aromatic carbocycles. The molecule has 1 aliphatic rings. The van der Waals surface area contributed by atoms with Crippen LogP contribution in [-0.4, -0.2) is 30.6 Å². The van der Waals surface area contributed by atoms with E-state index in [1.807, 2.05) is 6.07 Å². The first-order valence-electron chi connectivity index (χ1n) is 10.2. The first kappa shape index (κ1) is 10.2. The average molecular weight is 329 g/mol. The lowest BCUT2D eigenvalue weighted by molar-refractivity contribution is -0.119. The van der Waals surface area contributed by atoms with E-state index in [1.54, 1.807) is 12.4 Å². The summed E-state index contributed by atoms with van der Waals surface area (Å²) in [6, 6.07) is 0.591. The molecule has 1 aliphatic carbocycles. The summed E-state index contributed by atoms with van der Waals surface area (Å²) < 4.78 is 43.3. The molecule has 1 saturated carbocycles. The van der Waals surface area contributed by atoms with Gasteiger partial charge in [-0.05, 0) is 24.7 Å². The van der Waals surface area contributed by atoms with Crippen LogP contribution >= 0.6 is 0 Å². The van der Waals surface area contributed by atoms with E-state index in [1.165, 1.54) is 17.2 Å². The summed E-state index contributed by atoms with van der Waals surface area (Å²) in [5.74, 6) is -3.00. The fourth-order valence-corrected chi connectivity index (χ4v) is 2.94. The first-order chi connectivity index (χ1) is 13.6. The Hall–Kier alpha value is -2.70. The van der Waals surface area contributed by atoms with Crippen LogP contribution in [0.2, 0.25) is 0 Å². The zero-order chi connectivity index (χ0) is 21.0. The number of amides is 1. The van der Waals surface area contributed by atoms with Crippen molar-refractivity contribution in [3.05, 3.63) is 31.0 Å². The van der Waals surface area contributed by atoms with Crippen LogP contribution in [-0.2, 0) is 4.79 Å². The van der Waals surface area contributed by atoms with Gasteiger partial charge in [0, 0.05) is 36.6 Å². The fraction of sp³-hybridized carbons (Fsp3) is 0.412. The number of nitrogens with one attached hydrogen (secondary N) is 1. The smallest absolute Gasteiger partial charge is 0.219 e. The number of hydrogen-bond donors (Lipinski definition) is 2. The van der Waals surface area contributed by atoms with E-state index < -0.39 is 37.0 Å². The third kappa shape index (κ3) is 2.66. The van der Waals surface area contributed by atoms with Gasteiger partial charge in [-0.3, -0.25) is 9.48 Å². The van der Waals surface area contributed by atoms with Gasteiger partial charge < -0.3 is 10.7 Å². The number of hydrogen-bond acceptors (Lipinski definition) is 4. The molecule has 3 heterocycles. The van der Waals surface area contributed by atoms with Gasteiger partial charge in [0.25, 0.3) is 0 Å². The van der Waals surface area contributed by atoms with Crippen molar-refractivity contribution in [1.29, 1.82) is 0 Å². The Bertz CT molecular complexity index is 1060. The van der Waals surface area contributed by atoms with Crippen LogP contribution in [0, 0.1) is 5.89 Å². The second-order valence-corrected chi connectivity index (χ2v) is 5.62. The van der Waals surface area contributed by atoms with E-state index in [2.05, 4.69) is 20.1 Å². The summed E-state index contributed by atoms with van der Waals surface area (Å²) in [4.78, 5) is 23.2. The fourth-order valence-electron chi connectivity index (χ4n) is 2.94. The minimum absolute atomic E-state index is 0.122. The molecule has 3 N–H and O–H groups in total. The van der Waals surface area contributed by atoms with Crippen molar-refractivity contribution < 1.29 is 11.6 Å². The molecule has 0 spiro atoms. The number of rotatable bonds is 5. The second kappa shape index (κ2) is 6.07. The van der Waals surface area contributed by atoms with Gasteiger partial charge >= 0.3 is 0 Å². The van der Waals surface area contributed by atoms with E-state index in [9.17, 15) is 4.79 Å². The molecule has 24 heavy (non-hydrogen) atoms. The Balaban J connectivity index is 1.82. The molecule has 3 aromatic heterocycles. The Kier molecular flexibility index (Phi) is 2.59. The lowest BCUT2D eigenvalue weighted by Crippen LogP contribution is -2.24. The molecule has 0 saturated heterocycles. The van der Waals surface area contributed by atoms with Crippen LogP contribution in [0.5, 0.6) is 0 Å². The van der Waals surface area contributed by atoms with E-state index in [0.717, 1.165) is 5.39 Å². The highest BCUT2D eigenvalue weighted by Crippen LogP contribution is 2.36. The standard InChI is InChI=1S/C17H20N6O/c18-15(24)7-14(11-3-1-2-4-11)23-9-12(8-22-23)16-13-5-6-19-17(13)21-10-20-16/h5-6,8-11,14H,1-4,7H2,(H2,18,24)(H,19,20,21)/t14-/m1/s1/i3D2,4D2,11D. The van der Waals surface area contributed by atoms with Gasteiger partial charge in [-0.1, -0.05) is 12.8 Å². The summed E-state index contributed by atoms with van der Waals surface area (Å²) in [5, 5.41) is 5.00. The van der Waals surface area contributed by atoms with Crippen LogP contribution in [0.4, 0.5) is 0 Å². The third-order valence-corrected chi connectivity index (χ3v) is 4.03. The number of nitrogens with zero attached hydrogens (tertiary/aromatic N) is 4. The Morgan fingerprint density at radius 2 is 2.33 bits per heavy atom. The van der Waals surface area contributed by atoms with Gasteiger partial charge in [0.05, 0.1) is 17.9 Å². The number of aromatic amines is 1. The highest BCUT2D eigenvalue weighted by atomic mass is 16.1.